The third kappa shape index (κ3) is 2.12. The van der Waals surface area contributed by atoms with Gasteiger partial charge < -0.3 is 10.0 Å². The van der Waals surface area contributed by atoms with Crippen LogP contribution in [0.5, 0.6) is 0 Å². The van der Waals surface area contributed by atoms with Crippen molar-refractivity contribution in [2.45, 2.75) is 44.8 Å². The maximum atomic E-state index is 9.14. The standard InChI is InChI=1S/C15H20ClNO/c16-13-9-11(10-18)6-7-15(13)17-8-2-4-12-3-1-5-14(12)17/h6-7,9,12,14,18H,1-5,8,10H2. The van der Waals surface area contributed by atoms with E-state index in [0.717, 1.165) is 28.7 Å². The van der Waals surface area contributed by atoms with Crippen molar-refractivity contribution in [3.05, 3.63) is 28.8 Å². The van der Waals surface area contributed by atoms with E-state index in [4.69, 9.17) is 16.7 Å². The molecule has 1 heterocycles. The van der Waals surface area contributed by atoms with Gasteiger partial charge in [0.05, 0.1) is 17.3 Å². The number of aliphatic hydroxyl groups is 1. The number of halogens is 1. The lowest BCUT2D eigenvalue weighted by atomic mass is 9.91. The van der Waals surface area contributed by atoms with E-state index >= 15 is 0 Å². The highest BCUT2D eigenvalue weighted by Crippen LogP contribution is 2.41. The number of hydrogen-bond donors (Lipinski definition) is 1. The van der Waals surface area contributed by atoms with Crippen molar-refractivity contribution in [1.82, 2.24) is 0 Å². The van der Waals surface area contributed by atoms with Crippen molar-refractivity contribution in [2.75, 3.05) is 11.4 Å². The van der Waals surface area contributed by atoms with E-state index < -0.39 is 0 Å². The highest BCUT2D eigenvalue weighted by molar-refractivity contribution is 6.33. The molecule has 1 aliphatic carbocycles. The van der Waals surface area contributed by atoms with Gasteiger partial charge in [-0.2, -0.15) is 0 Å². The van der Waals surface area contributed by atoms with Crippen molar-refractivity contribution in [1.29, 1.82) is 0 Å². The average molecular weight is 266 g/mol. The lowest BCUT2D eigenvalue weighted by Gasteiger charge is -2.40. The number of hydrogen-bond acceptors (Lipinski definition) is 2. The molecule has 0 bridgehead atoms. The Kier molecular flexibility index (Phi) is 3.49. The van der Waals surface area contributed by atoms with E-state index in [9.17, 15) is 0 Å². The number of benzene rings is 1. The Hall–Kier alpha value is -0.730. The van der Waals surface area contributed by atoms with Crippen molar-refractivity contribution in [2.24, 2.45) is 5.92 Å². The molecule has 2 nitrogen and oxygen atoms in total. The number of fused-ring (bicyclic) bond motifs is 1. The molecule has 0 spiro atoms. The second kappa shape index (κ2) is 5.10. The molecule has 2 aliphatic rings. The third-order valence-electron chi connectivity index (χ3n) is 4.50. The summed E-state index contributed by atoms with van der Waals surface area (Å²) in [6, 6.07) is 6.65. The molecule has 2 fully saturated rings. The van der Waals surface area contributed by atoms with Crippen LogP contribution in [0.4, 0.5) is 5.69 Å². The minimum Gasteiger partial charge on any atom is -0.392 e. The summed E-state index contributed by atoms with van der Waals surface area (Å²) in [4.78, 5) is 2.50. The first-order valence-electron chi connectivity index (χ1n) is 6.95. The van der Waals surface area contributed by atoms with Crippen LogP contribution in [0.15, 0.2) is 18.2 Å². The van der Waals surface area contributed by atoms with Crippen molar-refractivity contribution >= 4 is 17.3 Å². The smallest absolute Gasteiger partial charge is 0.0682 e. The molecule has 1 aromatic carbocycles. The minimum atomic E-state index is 0.0616. The lowest BCUT2D eigenvalue weighted by Crippen LogP contribution is -2.42. The van der Waals surface area contributed by atoms with Crippen LogP contribution in [-0.4, -0.2) is 17.7 Å². The molecule has 3 rings (SSSR count). The third-order valence-corrected chi connectivity index (χ3v) is 4.80. The molecule has 0 radical (unpaired) electrons. The largest absolute Gasteiger partial charge is 0.392 e. The summed E-state index contributed by atoms with van der Waals surface area (Å²) in [5, 5.41) is 9.93. The second-order valence-electron chi connectivity index (χ2n) is 5.54. The maximum Gasteiger partial charge on any atom is 0.0682 e. The summed E-state index contributed by atoms with van der Waals surface area (Å²) >= 11 is 6.38. The second-order valence-corrected chi connectivity index (χ2v) is 5.95. The van der Waals surface area contributed by atoms with Crippen LogP contribution in [-0.2, 0) is 6.61 Å². The van der Waals surface area contributed by atoms with Gasteiger partial charge in [0.25, 0.3) is 0 Å². The minimum absolute atomic E-state index is 0.0616. The molecule has 1 aliphatic heterocycles. The first-order chi connectivity index (χ1) is 8.79. The van der Waals surface area contributed by atoms with Gasteiger partial charge in [-0.15, -0.1) is 0 Å². The van der Waals surface area contributed by atoms with Gasteiger partial charge in [0.1, 0.15) is 0 Å². The molecule has 1 aromatic rings. The Morgan fingerprint density at radius 1 is 1.22 bits per heavy atom. The van der Waals surface area contributed by atoms with Gasteiger partial charge in [0.15, 0.2) is 0 Å². The van der Waals surface area contributed by atoms with Crippen LogP contribution in [0.25, 0.3) is 0 Å². The Morgan fingerprint density at radius 2 is 2.06 bits per heavy atom. The van der Waals surface area contributed by atoms with E-state index in [2.05, 4.69) is 11.0 Å². The molecular formula is C15H20ClNO. The number of aliphatic hydroxyl groups excluding tert-OH is 1. The lowest BCUT2D eigenvalue weighted by molar-refractivity contribution is 0.282. The Morgan fingerprint density at radius 3 is 2.83 bits per heavy atom. The Labute approximate surface area is 114 Å². The average Bonchev–Trinajstić information content (AvgIpc) is 2.87. The predicted molar refractivity (Wildman–Crippen MR) is 75.1 cm³/mol. The van der Waals surface area contributed by atoms with E-state index in [1.807, 2.05) is 12.1 Å². The first-order valence-corrected chi connectivity index (χ1v) is 7.33. The number of piperidine rings is 1. The highest BCUT2D eigenvalue weighted by Gasteiger charge is 2.35. The van der Waals surface area contributed by atoms with Crippen molar-refractivity contribution < 1.29 is 5.11 Å². The van der Waals surface area contributed by atoms with Crippen LogP contribution in [0.2, 0.25) is 5.02 Å². The number of rotatable bonds is 2. The molecule has 1 saturated heterocycles. The number of nitrogens with zero attached hydrogens (tertiary/aromatic N) is 1. The van der Waals surface area contributed by atoms with Gasteiger partial charge in [0.2, 0.25) is 0 Å². The summed E-state index contributed by atoms with van der Waals surface area (Å²) in [7, 11) is 0. The van der Waals surface area contributed by atoms with Gasteiger partial charge in [0, 0.05) is 12.6 Å². The predicted octanol–water partition coefficient (Wildman–Crippen LogP) is 3.60. The summed E-state index contributed by atoms with van der Waals surface area (Å²) < 4.78 is 0. The molecule has 0 aromatic heterocycles. The van der Waals surface area contributed by atoms with Crippen LogP contribution in [0.3, 0.4) is 0 Å². The molecule has 2 unspecified atom stereocenters. The Bertz CT molecular complexity index is 435. The Balaban J connectivity index is 1.89. The van der Waals surface area contributed by atoms with Crippen LogP contribution >= 0.6 is 11.6 Å². The van der Waals surface area contributed by atoms with Gasteiger partial charge in [-0.3, -0.25) is 0 Å². The van der Waals surface area contributed by atoms with Gasteiger partial charge in [-0.25, -0.2) is 0 Å². The van der Waals surface area contributed by atoms with Crippen LogP contribution in [0, 0.1) is 5.92 Å². The zero-order valence-electron chi connectivity index (χ0n) is 10.6. The first kappa shape index (κ1) is 12.3. The molecular weight excluding hydrogens is 246 g/mol. The van der Waals surface area contributed by atoms with Gasteiger partial charge in [-0.1, -0.05) is 24.1 Å². The van der Waals surface area contributed by atoms with Gasteiger partial charge in [-0.05, 0) is 49.3 Å². The van der Waals surface area contributed by atoms with Crippen molar-refractivity contribution in [3.63, 3.8) is 0 Å². The van der Waals surface area contributed by atoms with E-state index in [0.29, 0.717) is 6.04 Å². The summed E-state index contributed by atoms with van der Waals surface area (Å²) in [6.45, 7) is 1.19. The van der Waals surface area contributed by atoms with Gasteiger partial charge >= 0.3 is 0 Å². The fraction of sp³-hybridized carbons (Fsp3) is 0.600. The quantitative estimate of drug-likeness (QED) is 0.883. The fourth-order valence-corrected chi connectivity index (χ4v) is 3.95. The molecule has 3 heteroatoms. The SMILES string of the molecule is OCc1ccc(N2CCCC3CCCC32)c(Cl)c1. The van der Waals surface area contributed by atoms with Crippen molar-refractivity contribution in [3.8, 4) is 0 Å². The maximum absolute atomic E-state index is 9.14. The monoisotopic (exact) mass is 265 g/mol. The summed E-state index contributed by atoms with van der Waals surface area (Å²) in [5.41, 5.74) is 2.05. The highest BCUT2D eigenvalue weighted by atomic mass is 35.5. The zero-order chi connectivity index (χ0) is 12.5. The van der Waals surface area contributed by atoms with E-state index in [1.54, 1.807) is 0 Å². The molecule has 0 amide bonds. The number of anilines is 1. The van der Waals surface area contributed by atoms with E-state index in [-0.39, 0.29) is 6.61 Å². The zero-order valence-corrected chi connectivity index (χ0v) is 11.4. The topological polar surface area (TPSA) is 23.5 Å². The molecule has 18 heavy (non-hydrogen) atoms. The normalized spacial score (nSPS) is 27.3. The van der Waals surface area contributed by atoms with Crippen LogP contribution in [0.1, 0.15) is 37.7 Å². The summed E-state index contributed by atoms with van der Waals surface area (Å²) in [6.07, 6.45) is 6.71. The molecule has 1 saturated carbocycles. The van der Waals surface area contributed by atoms with Crippen LogP contribution < -0.4 is 4.90 Å². The van der Waals surface area contributed by atoms with E-state index in [1.165, 1.54) is 32.1 Å². The molecule has 98 valence electrons. The fourth-order valence-electron chi connectivity index (χ4n) is 3.63. The summed E-state index contributed by atoms with van der Waals surface area (Å²) in [5.74, 6) is 0.868. The molecule has 2 atom stereocenters. The molecule has 1 N–H and O–H groups in total.